The molecule has 4 amide bonds. The van der Waals surface area contributed by atoms with Crippen molar-refractivity contribution in [2.24, 2.45) is 11.8 Å². The Bertz CT molecular complexity index is 1540. The van der Waals surface area contributed by atoms with Gasteiger partial charge in [0.1, 0.15) is 18.2 Å². The van der Waals surface area contributed by atoms with Crippen LogP contribution < -0.4 is 21.3 Å². The summed E-state index contributed by atoms with van der Waals surface area (Å²) >= 11 is 0. The van der Waals surface area contributed by atoms with Crippen LogP contribution in [0.5, 0.6) is 0 Å². The summed E-state index contributed by atoms with van der Waals surface area (Å²) < 4.78 is 5.26. The molecule has 51 heavy (non-hydrogen) atoms. The normalized spacial score (nSPS) is 14.0. The zero-order valence-electron chi connectivity index (χ0n) is 30.2. The summed E-state index contributed by atoms with van der Waals surface area (Å²) in [4.78, 5) is 54.0. The van der Waals surface area contributed by atoms with Crippen molar-refractivity contribution in [3.05, 3.63) is 96.1 Å². The van der Waals surface area contributed by atoms with Gasteiger partial charge in [-0.3, -0.25) is 14.4 Å². The molecule has 0 aliphatic heterocycles. The molecular weight excluding hydrogens is 648 g/mol. The number of alkyl carbamates (subject to hydrolysis) is 1. The number of hydrogen-bond donors (Lipinski definition) is 6. The molecule has 3 aromatic rings. The Morgan fingerprint density at radius 1 is 0.804 bits per heavy atom. The third-order valence-corrected chi connectivity index (χ3v) is 9.04. The Labute approximate surface area is 301 Å². The standard InChI is InChI=1S/C40H54N4O7/c1-5-6-9-22-36(47)44-40(38(49)43-35(26-46)28(2)3,23-32-20-14-15-21-34(32)31-18-12-8-13-19-31)33(25-45)24-41-37(48)29(4)42-39(50)51-27-30-16-10-7-11-17-30/h7-8,10-21,28-29,33,35,45-46H,5-6,9,22-27H2,1-4H3,(H,41,48)(H,42,50)(H,43,49)(H,44,47)/t29-,33?,35?,40+/m0/s1. The van der Waals surface area contributed by atoms with Crippen LogP contribution in [-0.4, -0.2) is 71.4 Å². The van der Waals surface area contributed by atoms with E-state index in [1.165, 1.54) is 6.92 Å². The van der Waals surface area contributed by atoms with E-state index in [1.807, 2.05) is 106 Å². The number of carbonyl (C=O) groups excluding carboxylic acids is 4. The van der Waals surface area contributed by atoms with Gasteiger partial charge in [0.25, 0.3) is 0 Å². The van der Waals surface area contributed by atoms with Gasteiger partial charge in [-0.2, -0.15) is 0 Å². The molecule has 0 saturated carbocycles. The highest BCUT2D eigenvalue weighted by atomic mass is 16.5. The molecule has 4 atom stereocenters. The smallest absolute Gasteiger partial charge is 0.408 e. The number of hydrogen-bond acceptors (Lipinski definition) is 7. The van der Waals surface area contributed by atoms with E-state index < -0.39 is 48.1 Å². The van der Waals surface area contributed by atoms with E-state index in [-0.39, 0.29) is 44.4 Å². The number of nitrogens with one attached hydrogen (secondary N) is 4. The van der Waals surface area contributed by atoms with Crippen LogP contribution in [0.15, 0.2) is 84.9 Å². The first-order chi connectivity index (χ1) is 24.5. The van der Waals surface area contributed by atoms with E-state index in [0.717, 1.165) is 35.1 Å². The van der Waals surface area contributed by atoms with Crippen molar-refractivity contribution in [3.8, 4) is 11.1 Å². The van der Waals surface area contributed by atoms with Gasteiger partial charge < -0.3 is 36.2 Å². The lowest BCUT2D eigenvalue weighted by molar-refractivity contribution is -0.138. The molecule has 0 radical (unpaired) electrons. The van der Waals surface area contributed by atoms with Gasteiger partial charge in [-0.05, 0) is 41.5 Å². The van der Waals surface area contributed by atoms with E-state index in [9.17, 15) is 29.4 Å². The Morgan fingerprint density at radius 2 is 1.45 bits per heavy atom. The van der Waals surface area contributed by atoms with Crippen LogP contribution in [0.2, 0.25) is 0 Å². The summed E-state index contributed by atoms with van der Waals surface area (Å²) in [7, 11) is 0. The maximum absolute atomic E-state index is 14.6. The molecule has 0 aromatic heterocycles. The predicted molar refractivity (Wildman–Crippen MR) is 197 cm³/mol. The highest BCUT2D eigenvalue weighted by Crippen LogP contribution is 2.31. The monoisotopic (exact) mass is 702 g/mol. The number of aliphatic hydroxyl groups is 2. The summed E-state index contributed by atoms with van der Waals surface area (Å²) in [6.07, 6.45) is 1.67. The third kappa shape index (κ3) is 12.2. The molecule has 2 unspecified atom stereocenters. The summed E-state index contributed by atoms with van der Waals surface area (Å²) in [6.45, 7) is 6.13. The molecular formula is C40H54N4O7. The fourth-order valence-corrected chi connectivity index (χ4v) is 5.83. The Morgan fingerprint density at radius 3 is 2.08 bits per heavy atom. The quantitative estimate of drug-likeness (QED) is 0.0944. The van der Waals surface area contributed by atoms with Crippen molar-refractivity contribution < 1.29 is 34.1 Å². The number of benzene rings is 3. The molecule has 0 aliphatic rings. The van der Waals surface area contributed by atoms with Gasteiger partial charge in [0.15, 0.2) is 0 Å². The van der Waals surface area contributed by atoms with Gasteiger partial charge in [0, 0.05) is 25.3 Å². The molecule has 276 valence electrons. The van der Waals surface area contributed by atoms with Crippen molar-refractivity contribution in [1.29, 1.82) is 0 Å². The van der Waals surface area contributed by atoms with Crippen LogP contribution in [0, 0.1) is 11.8 Å². The summed E-state index contributed by atoms with van der Waals surface area (Å²) in [6, 6.07) is 24.6. The minimum atomic E-state index is -1.76. The molecule has 3 rings (SSSR count). The van der Waals surface area contributed by atoms with Gasteiger partial charge >= 0.3 is 6.09 Å². The number of carbonyl (C=O) groups is 4. The highest BCUT2D eigenvalue weighted by molar-refractivity contribution is 5.93. The van der Waals surface area contributed by atoms with Gasteiger partial charge in [0.2, 0.25) is 17.7 Å². The van der Waals surface area contributed by atoms with Crippen LogP contribution in [0.25, 0.3) is 11.1 Å². The fraction of sp³-hybridized carbons (Fsp3) is 0.450. The predicted octanol–water partition coefficient (Wildman–Crippen LogP) is 4.50. The number of unbranched alkanes of at least 4 members (excludes halogenated alkanes) is 2. The summed E-state index contributed by atoms with van der Waals surface area (Å²) in [5.74, 6) is -2.71. The topological polar surface area (TPSA) is 166 Å². The largest absolute Gasteiger partial charge is 0.445 e. The lowest BCUT2D eigenvalue weighted by atomic mass is 9.76. The fourth-order valence-electron chi connectivity index (χ4n) is 5.83. The van der Waals surface area contributed by atoms with Crippen molar-refractivity contribution in [2.45, 2.75) is 84.0 Å². The van der Waals surface area contributed by atoms with Crippen LogP contribution in [0.4, 0.5) is 4.79 Å². The summed E-state index contributed by atoms with van der Waals surface area (Å²) in [5.41, 5.74) is 1.50. The van der Waals surface area contributed by atoms with Gasteiger partial charge in [-0.1, -0.05) is 119 Å². The number of amides is 4. The number of rotatable bonds is 20. The average molecular weight is 703 g/mol. The second kappa shape index (κ2) is 20.8. The zero-order valence-corrected chi connectivity index (χ0v) is 30.2. The van der Waals surface area contributed by atoms with Gasteiger partial charge in [-0.25, -0.2) is 4.79 Å². The maximum atomic E-state index is 14.6. The van der Waals surface area contributed by atoms with E-state index in [1.54, 1.807) is 0 Å². The molecule has 0 aliphatic carbocycles. The number of aliphatic hydroxyl groups excluding tert-OH is 2. The van der Waals surface area contributed by atoms with Crippen LogP contribution in [0.3, 0.4) is 0 Å². The van der Waals surface area contributed by atoms with Gasteiger partial charge in [0.05, 0.1) is 19.3 Å². The number of ether oxygens (including phenoxy) is 1. The molecule has 0 fully saturated rings. The van der Waals surface area contributed by atoms with E-state index in [0.29, 0.717) is 6.42 Å². The highest BCUT2D eigenvalue weighted by Gasteiger charge is 2.48. The van der Waals surface area contributed by atoms with E-state index in [4.69, 9.17) is 4.74 Å². The van der Waals surface area contributed by atoms with Crippen molar-refractivity contribution >= 4 is 23.8 Å². The molecule has 0 saturated heterocycles. The third-order valence-electron chi connectivity index (χ3n) is 9.04. The Balaban J connectivity index is 1.97. The minimum absolute atomic E-state index is 0.0266. The summed E-state index contributed by atoms with van der Waals surface area (Å²) in [5, 5.41) is 32.4. The van der Waals surface area contributed by atoms with Gasteiger partial charge in [-0.15, -0.1) is 0 Å². The first kappa shape index (κ1) is 40.7. The Kier molecular flexibility index (Phi) is 16.6. The lowest BCUT2D eigenvalue weighted by Gasteiger charge is -2.41. The van der Waals surface area contributed by atoms with Crippen LogP contribution in [0.1, 0.15) is 64.5 Å². The first-order valence-electron chi connectivity index (χ1n) is 17.8. The lowest BCUT2D eigenvalue weighted by Crippen LogP contribution is -2.68. The van der Waals surface area contributed by atoms with Crippen LogP contribution in [-0.2, 0) is 32.1 Å². The minimum Gasteiger partial charge on any atom is -0.445 e. The zero-order chi connectivity index (χ0) is 37.2. The first-order valence-corrected chi connectivity index (χ1v) is 17.8. The average Bonchev–Trinajstić information content (AvgIpc) is 3.13. The molecule has 6 N–H and O–H groups in total. The molecule has 0 spiro atoms. The second-order valence-corrected chi connectivity index (χ2v) is 13.2. The van der Waals surface area contributed by atoms with E-state index in [2.05, 4.69) is 21.3 Å². The molecule has 11 nitrogen and oxygen atoms in total. The van der Waals surface area contributed by atoms with E-state index >= 15 is 0 Å². The SMILES string of the molecule is CCCCCC(=O)N[C@@](Cc1ccccc1-c1ccccc1)(C(=O)NC(CO)C(C)C)C(CO)CNC(=O)[C@H](C)NC(=O)OCc1ccccc1. The van der Waals surface area contributed by atoms with Crippen molar-refractivity contribution in [2.75, 3.05) is 19.8 Å². The molecule has 11 heteroatoms. The van der Waals surface area contributed by atoms with Crippen molar-refractivity contribution in [3.63, 3.8) is 0 Å². The second-order valence-electron chi connectivity index (χ2n) is 13.2. The maximum Gasteiger partial charge on any atom is 0.408 e. The molecule has 0 bridgehead atoms. The molecule has 0 heterocycles. The Hall–Kier alpha value is -4.74. The van der Waals surface area contributed by atoms with Crippen molar-refractivity contribution in [1.82, 2.24) is 21.3 Å². The molecule has 3 aromatic carbocycles. The van der Waals surface area contributed by atoms with Crippen LogP contribution >= 0.6 is 0 Å².